The summed E-state index contributed by atoms with van der Waals surface area (Å²) in [6.07, 6.45) is 0.953. The molecular formula is C11H10BrFS. The zero-order chi connectivity index (χ0) is 10.1. The van der Waals surface area contributed by atoms with Crippen LogP contribution in [0.2, 0.25) is 0 Å². The van der Waals surface area contributed by atoms with Gasteiger partial charge in [0.1, 0.15) is 5.82 Å². The van der Waals surface area contributed by atoms with Crippen LogP contribution in [-0.4, -0.2) is 0 Å². The highest BCUT2D eigenvalue weighted by molar-refractivity contribution is 9.08. The molecule has 14 heavy (non-hydrogen) atoms. The Morgan fingerprint density at radius 2 is 2.21 bits per heavy atom. The van der Waals surface area contributed by atoms with Crippen molar-refractivity contribution < 1.29 is 4.39 Å². The van der Waals surface area contributed by atoms with E-state index in [9.17, 15) is 4.39 Å². The second-order valence-corrected chi connectivity index (χ2v) is 4.85. The Bertz CT molecular complexity index is 462. The van der Waals surface area contributed by atoms with Gasteiger partial charge >= 0.3 is 0 Å². The molecule has 1 aromatic carbocycles. The highest BCUT2D eigenvalue weighted by Gasteiger charge is 2.10. The van der Waals surface area contributed by atoms with Crippen LogP contribution in [0.4, 0.5) is 4.39 Å². The molecule has 0 nitrogen and oxygen atoms in total. The molecular weight excluding hydrogens is 263 g/mol. The highest BCUT2D eigenvalue weighted by Crippen LogP contribution is 2.32. The molecule has 0 radical (unpaired) electrons. The van der Waals surface area contributed by atoms with E-state index < -0.39 is 0 Å². The predicted molar refractivity (Wildman–Crippen MR) is 63.8 cm³/mol. The highest BCUT2D eigenvalue weighted by atomic mass is 79.9. The lowest BCUT2D eigenvalue weighted by atomic mass is 10.1. The summed E-state index contributed by atoms with van der Waals surface area (Å²) in [6, 6.07) is 6.03. The number of thiophene rings is 1. The SMILES string of the molecule is CCc1ccc2sc(CBr)c(F)c2c1. The number of aryl methyl sites for hydroxylation is 1. The Labute approximate surface area is 94.9 Å². The maximum atomic E-state index is 13.7. The Morgan fingerprint density at radius 3 is 2.86 bits per heavy atom. The monoisotopic (exact) mass is 272 g/mol. The van der Waals surface area contributed by atoms with Gasteiger partial charge in [-0.05, 0) is 24.1 Å². The van der Waals surface area contributed by atoms with Crippen molar-refractivity contribution >= 4 is 37.4 Å². The van der Waals surface area contributed by atoms with Gasteiger partial charge in [-0.3, -0.25) is 0 Å². The number of benzene rings is 1. The van der Waals surface area contributed by atoms with Crippen molar-refractivity contribution in [3.05, 3.63) is 34.5 Å². The number of alkyl halides is 1. The first-order valence-electron chi connectivity index (χ1n) is 4.52. The van der Waals surface area contributed by atoms with E-state index >= 15 is 0 Å². The van der Waals surface area contributed by atoms with Crippen LogP contribution in [0.3, 0.4) is 0 Å². The molecule has 0 aliphatic carbocycles. The largest absolute Gasteiger partial charge is 0.205 e. The summed E-state index contributed by atoms with van der Waals surface area (Å²) in [5.41, 5.74) is 1.19. The number of fused-ring (bicyclic) bond motifs is 1. The lowest BCUT2D eigenvalue weighted by Gasteiger charge is -1.95. The fraction of sp³-hybridized carbons (Fsp3) is 0.273. The summed E-state index contributed by atoms with van der Waals surface area (Å²) < 4.78 is 14.8. The summed E-state index contributed by atoms with van der Waals surface area (Å²) in [5, 5.41) is 1.36. The van der Waals surface area contributed by atoms with E-state index in [-0.39, 0.29) is 5.82 Å². The van der Waals surface area contributed by atoms with E-state index in [2.05, 4.69) is 28.9 Å². The fourth-order valence-electron chi connectivity index (χ4n) is 1.47. The van der Waals surface area contributed by atoms with Gasteiger partial charge in [0, 0.05) is 15.4 Å². The van der Waals surface area contributed by atoms with Crippen molar-refractivity contribution in [3.63, 3.8) is 0 Å². The summed E-state index contributed by atoms with van der Waals surface area (Å²) in [6.45, 7) is 2.08. The smallest absolute Gasteiger partial charge is 0.145 e. The van der Waals surface area contributed by atoms with Gasteiger partial charge in [-0.2, -0.15) is 0 Å². The zero-order valence-corrected chi connectivity index (χ0v) is 10.2. The number of hydrogen-bond donors (Lipinski definition) is 0. The van der Waals surface area contributed by atoms with Crippen molar-refractivity contribution in [3.8, 4) is 0 Å². The van der Waals surface area contributed by atoms with Crippen LogP contribution in [0.5, 0.6) is 0 Å². The maximum Gasteiger partial charge on any atom is 0.145 e. The van der Waals surface area contributed by atoms with Crippen LogP contribution >= 0.6 is 27.3 Å². The number of halogens is 2. The van der Waals surface area contributed by atoms with E-state index in [1.807, 2.05) is 12.1 Å². The van der Waals surface area contributed by atoms with Crippen molar-refractivity contribution in [2.45, 2.75) is 18.7 Å². The molecule has 0 saturated heterocycles. The minimum atomic E-state index is -0.0582. The van der Waals surface area contributed by atoms with E-state index in [4.69, 9.17) is 0 Å². The lowest BCUT2D eigenvalue weighted by molar-refractivity contribution is 0.635. The molecule has 0 saturated carbocycles. The van der Waals surface area contributed by atoms with Crippen LogP contribution in [0.25, 0.3) is 10.1 Å². The van der Waals surface area contributed by atoms with Gasteiger partial charge in [0.2, 0.25) is 0 Å². The normalized spacial score (nSPS) is 11.1. The Morgan fingerprint density at radius 1 is 1.43 bits per heavy atom. The summed E-state index contributed by atoms with van der Waals surface area (Å²) in [7, 11) is 0. The second kappa shape index (κ2) is 3.99. The topological polar surface area (TPSA) is 0 Å². The standard InChI is InChI=1S/C11H10BrFS/c1-2-7-3-4-9-8(5-7)11(13)10(6-12)14-9/h3-5H,2,6H2,1H3. The van der Waals surface area contributed by atoms with Crippen LogP contribution in [-0.2, 0) is 11.8 Å². The van der Waals surface area contributed by atoms with E-state index in [1.54, 1.807) is 0 Å². The third kappa shape index (κ3) is 1.59. The Hall–Kier alpha value is -0.410. The minimum Gasteiger partial charge on any atom is -0.205 e. The second-order valence-electron chi connectivity index (χ2n) is 3.16. The molecule has 1 heterocycles. The van der Waals surface area contributed by atoms with Crippen LogP contribution in [0.15, 0.2) is 18.2 Å². The molecule has 0 aliphatic heterocycles. The molecule has 0 aliphatic rings. The third-order valence-electron chi connectivity index (χ3n) is 2.29. The van der Waals surface area contributed by atoms with E-state index in [0.717, 1.165) is 21.4 Å². The van der Waals surface area contributed by atoms with Gasteiger partial charge in [-0.1, -0.05) is 28.9 Å². The molecule has 3 heteroatoms. The quantitative estimate of drug-likeness (QED) is 0.707. The fourth-order valence-corrected chi connectivity index (χ4v) is 2.97. The van der Waals surface area contributed by atoms with Crippen LogP contribution in [0, 0.1) is 5.82 Å². The molecule has 0 N–H and O–H groups in total. The van der Waals surface area contributed by atoms with Gasteiger partial charge < -0.3 is 0 Å². The summed E-state index contributed by atoms with van der Waals surface area (Å²) in [5.74, 6) is -0.0582. The van der Waals surface area contributed by atoms with Gasteiger partial charge in [0.15, 0.2) is 0 Å². The molecule has 0 unspecified atom stereocenters. The summed E-state index contributed by atoms with van der Waals surface area (Å²) >= 11 is 4.81. The average Bonchev–Trinajstić information content (AvgIpc) is 2.55. The molecule has 2 aromatic rings. The van der Waals surface area contributed by atoms with Crippen LogP contribution in [0.1, 0.15) is 17.4 Å². The van der Waals surface area contributed by atoms with Gasteiger partial charge in [0.25, 0.3) is 0 Å². The van der Waals surface area contributed by atoms with E-state index in [0.29, 0.717) is 5.33 Å². The van der Waals surface area contributed by atoms with Crippen molar-refractivity contribution in [2.24, 2.45) is 0 Å². The number of rotatable bonds is 2. The average molecular weight is 273 g/mol. The first-order valence-corrected chi connectivity index (χ1v) is 6.45. The molecule has 74 valence electrons. The molecule has 0 bridgehead atoms. The van der Waals surface area contributed by atoms with Crippen molar-refractivity contribution in [1.29, 1.82) is 0 Å². The maximum absolute atomic E-state index is 13.7. The Kier molecular flexibility index (Phi) is 2.88. The lowest BCUT2D eigenvalue weighted by Crippen LogP contribution is -1.80. The van der Waals surface area contributed by atoms with Crippen molar-refractivity contribution in [2.75, 3.05) is 0 Å². The molecule has 2 rings (SSSR count). The van der Waals surface area contributed by atoms with Gasteiger partial charge in [-0.15, -0.1) is 11.3 Å². The minimum absolute atomic E-state index is 0.0582. The summed E-state index contributed by atoms with van der Waals surface area (Å²) in [4.78, 5) is 0.785. The van der Waals surface area contributed by atoms with E-state index in [1.165, 1.54) is 16.9 Å². The van der Waals surface area contributed by atoms with Crippen molar-refractivity contribution in [1.82, 2.24) is 0 Å². The Balaban J connectivity index is 2.68. The van der Waals surface area contributed by atoms with Crippen LogP contribution < -0.4 is 0 Å². The predicted octanol–water partition coefficient (Wildman–Crippen LogP) is 4.50. The number of hydrogen-bond acceptors (Lipinski definition) is 1. The van der Waals surface area contributed by atoms with Gasteiger partial charge in [-0.25, -0.2) is 4.39 Å². The zero-order valence-electron chi connectivity index (χ0n) is 7.81. The molecule has 0 fully saturated rings. The molecule has 0 amide bonds. The molecule has 1 aromatic heterocycles. The first-order chi connectivity index (χ1) is 6.76. The molecule has 0 atom stereocenters. The van der Waals surface area contributed by atoms with Gasteiger partial charge in [0.05, 0.1) is 4.88 Å². The first kappa shape index (κ1) is 10.1. The third-order valence-corrected chi connectivity index (χ3v) is 4.37. The molecule has 0 spiro atoms.